The third-order valence-electron chi connectivity index (χ3n) is 4.29. The first-order chi connectivity index (χ1) is 14.0. The van der Waals surface area contributed by atoms with Gasteiger partial charge in [-0.1, -0.05) is 53.0 Å². The number of hydrogen-bond donors (Lipinski definition) is 1. The molecular formula is C23H22BrCl2NO2. The Morgan fingerprint density at radius 3 is 2.34 bits per heavy atom. The fourth-order valence-corrected chi connectivity index (χ4v) is 3.49. The van der Waals surface area contributed by atoms with Gasteiger partial charge in [0.15, 0.2) is 11.5 Å². The van der Waals surface area contributed by atoms with Crippen LogP contribution in [0, 0.1) is 6.92 Å². The zero-order chi connectivity index (χ0) is 20.8. The Kier molecular flexibility index (Phi) is 7.70. The molecule has 0 heterocycles. The minimum atomic E-state index is 0.426. The number of aryl methyl sites for hydroxylation is 1. The highest BCUT2D eigenvalue weighted by molar-refractivity contribution is 9.10. The molecule has 0 radical (unpaired) electrons. The molecule has 3 rings (SSSR count). The zero-order valence-electron chi connectivity index (χ0n) is 16.3. The Hall–Kier alpha value is -1.88. The maximum Gasteiger partial charge on any atom is 0.180 e. The number of anilines is 1. The molecule has 0 bridgehead atoms. The van der Waals surface area contributed by atoms with Crippen molar-refractivity contribution in [3.05, 3.63) is 85.8 Å². The number of nitrogens with one attached hydrogen (secondary N) is 1. The Bertz CT molecular complexity index is 977. The van der Waals surface area contributed by atoms with Gasteiger partial charge < -0.3 is 14.8 Å². The van der Waals surface area contributed by atoms with Crippen molar-refractivity contribution in [2.45, 2.75) is 27.0 Å². The Balaban J connectivity index is 1.74. The molecule has 0 fully saturated rings. The Labute approximate surface area is 190 Å². The van der Waals surface area contributed by atoms with E-state index in [0.29, 0.717) is 41.3 Å². The summed E-state index contributed by atoms with van der Waals surface area (Å²) in [5.74, 6) is 1.20. The van der Waals surface area contributed by atoms with E-state index in [1.54, 1.807) is 0 Å². The molecule has 0 aliphatic heterocycles. The molecule has 3 nitrogen and oxygen atoms in total. The second-order valence-corrected chi connectivity index (χ2v) is 8.26. The second-order valence-electron chi connectivity index (χ2n) is 6.59. The summed E-state index contributed by atoms with van der Waals surface area (Å²) in [5, 5.41) is 4.53. The van der Waals surface area contributed by atoms with Gasteiger partial charge in [0.2, 0.25) is 0 Å². The molecule has 0 unspecified atom stereocenters. The van der Waals surface area contributed by atoms with Crippen LogP contribution in [-0.4, -0.2) is 6.61 Å². The van der Waals surface area contributed by atoms with Gasteiger partial charge in [-0.2, -0.15) is 0 Å². The third kappa shape index (κ3) is 6.05. The zero-order valence-corrected chi connectivity index (χ0v) is 19.4. The molecule has 0 aromatic heterocycles. The first kappa shape index (κ1) is 21.8. The van der Waals surface area contributed by atoms with Crippen molar-refractivity contribution in [2.75, 3.05) is 11.9 Å². The standard InChI is InChI=1S/C23H22BrCl2NO2/c1-3-28-22-11-17(13-27-18-8-9-19(24)20(25)12-18)10-21(26)23(22)29-14-16-6-4-15(2)5-7-16/h4-12,27H,3,13-14H2,1-2H3. The van der Waals surface area contributed by atoms with E-state index >= 15 is 0 Å². The summed E-state index contributed by atoms with van der Waals surface area (Å²) >= 11 is 16.1. The van der Waals surface area contributed by atoms with Crippen LogP contribution in [0.3, 0.4) is 0 Å². The third-order valence-corrected chi connectivity index (χ3v) is 5.80. The number of rotatable bonds is 8. The van der Waals surface area contributed by atoms with E-state index in [1.165, 1.54) is 5.56 Å². The highest BCUT2D eigenvalue weighted by Crippen LogP contribution is 2.37. The summed E-state index contributed by atoms with van der Waals surface area (Å²) in [4.78, 5) is 0. The maximum atomic E-state index is 6.53. The molecule has 0 atom stereocenters. The van der Waals surface area contributed by atoms with Crippen LogP contribution in [0.1, 0.15) is 23.6 Å². The second kappa shape index (κ2) is 10.2. The average Bonchev–Trinajstić information content (AvgIpc) is 2.70. The summed E-state index contributed by atoms with van der Waals surface area (Å²) < 4.78 is 12.6. The molecule has 0 aliphatic rings. The Morgan fingerprint density at radius 1 is 0.897 bits per heavy atom. The molecule has 29 heavy (non-hydrogen) atoms. The van der Waals surface area contributed by atoms with Crippen molar-refractivity contribution < 1.29 is 9.47 Å². The summed E-state index contributed by atoms with van der Waals surface area (Å²) in [6.45, 7) is 5.53. The van der Waals surface area contributed by atoms with Gasteiger partial charge >= 0.3 is 0 Å². The van der Waals surface area contributed by atoms with Crippen LogP contribution in [0.2, 0.25) is 10.0 Å². The predicted octanol–water partition coefficient (Wildman–Crippen LogP) is 7.65. The van der Waals surface area contributed by atoms with E-state index in [4.69, 9.17) is 32.7 Å². The highest BCUT2D eigenvalue weighted by Gasteiger charge is 2.13. The Morgan fingerprint density at radius 2 is 1.66 bits per heavy atom. The van der Waals surface area contributed by atoms with Crippen LogP contribution in [0.5, 0.6) is 11.5 Å². The maximum absolute atomic E-state index is 6.53. The van der Waals surface area contributed by atoms with E-state index in [9.17, 15) is 0 Å². The summed E-state index contributed by atoms with van der Waals surface area (Å²) in [5.41, 5.74) is 4.20. The van der Waals surface area contributed by atoms with Gasteiger partial charge in [-0.25, -0.2) is 0 Å². The van der Waals surface area contributed by atoms with E-state index in [1.807, 2.05) is 49.4 Å². The van der Waals surface area contributed by atoms with Gasteiger partial charge in [0, 0.05) is 16.7 Å². The van der Waals surface area contributed by atoms with E-state index in [2.05, 4.69) is 40.3 Å². The van der Waals surface area contributed by atoms with Gasteiger partial charge in [0.25, 0.3) is 0 Å². The minimum Gasteiger partial charge on any atom is -0.490 e. The van der Waals surface area contributed by atoms with Gasteiger partial charge in [-0.3, -0.25) is 0 Å². The van der Waals surface area contributed by atoms with Crippen LogP contribution in [0.15, 0.2) is 59.1 Å². The van der Waals surface area contributed by atoms with Crippen LogP contribution < -0.4 is 14.8 Å². The lowest BCUT2D eigenvalue weighted by Gasteiger charge is -2.16. The number of hydrogen-bond acceptors (Lipinski definition) is 3. The molecule has 0 amide bonds. The van der Waals surface area contributed by atoms with Gasteiger partial charge in [0.05, 0.1) is 16.7 Å². The normalized spacial score (nSPS) is 10.7. The molecule has 0 saturated carbocycles. The highest BCUT2D eigenvalue weighted by atomic mass is 79.9. The largest absolute Gasteiger partial charge is 0.490 e. The summed E-state index contributed by atoms with van der Waals surface area (Å²) in [6.07, 6.45) is 0. The lowest BCUT2D eigenvalue weighted by atomic mass is 10.1. The van der Waals surface area contributed by atoms with E-state index in [-0.39, 0.29) is 0 Å². The molecule has 0 spiro atoms. The fraction of sp³-hybridized carbons (Fsp3) is 0.217. The molecule has 3 aromatic rings. The predicted molar refractivity (Wildman–Crippen MR) is 125 cm³/mol. The van der Waals surface area contributed by atoms with Crippen molar-refractivity contribution >= 4 is 44.8 Å². The monoisotopic (exact) mass is 493 g/mol. The van der Waals surface area contributed by atoms with E-state index < -0.39 is 0 Å². The lowest BCUT2D eigenvalue weighted by Crippen LogP contribution is -2.04. The molecule has 0 aliphatic carbocycles. The molecular weight excluding hydrogens is 473 g/mol. The topological polar surface area (TPSA) is 30.5 Å². The SMILES string of the molecule is CCOc1cc(CNc2ccc(Br)c(Cl)c2)cc(Cl)c1OCc1ccc(C)cc1. The van der Waals surface area contributed by atoms with Crippen molar-refractivity contribution in [3.8, 4) is 11.5 Å². The molecule has 3 aromatic carbocycles. The molecule has 6 heteroatoms. The average molecular weight is 495 g/mol. The fourth-order valence-electron chi connectivity index (χ4n) is 2.78. The van der Waals surface area contributed by atoms with E-state index in [0.717, 1.165) is 21.3 Å². The summed E-state index contributed by atoms with van der Waals surface area (Å²) in [7, 11) is 0. The van der Waals surface area contributed by atoms with Crippen LogP contribution in [-0.2, 0) is 13.2 Å². The molecule has 152 valence electrons. The number of halogens is 3. The van der Waals surface area contributed by atoms with Gasteiger partial charge in [0.1, 0.15) is 6.61 Å². The quantitative estimate of drug-likeness (QED) is 0.348. The number of ether oxygens (including phenoxy) is 2. The minimum absolute atomic E-state index is 0.426. The summed E-state index contributed by atoms with van der Waals surface area (Å²) in [6, 6.07) is 17.8. The number of benzene rings is 3. The van der Waals surface area contributed by atoms with Gasteiger partial charge in [-0.05, 0) is 71.2 Å². The lowest BCUT2D eigenvalue weighted by molar-refractivity contribution is 0.269. The van der Waals surface area contributed by atoms with Crippen molar-refractivity contribution in [1.82, 2.24) is 0 Å². The van der Waals surface area contributed by atoms with Gasteiger partial charge in [-0.15, -0.1) is 0 Å². The first-order valence-electron chi connectivity index (χ1n) is 9.28. The molecule has 0 saturated heterocycles. The molecule has 1 N–H and O–H groups in total. The van der Waals surface area contributed by atoms with Crippen molar-refractivity contribution in [2.24, 2.45) is 0 Å². The first-order valence-corrected chi connectivity index (χ1v) is 10.8. The van der Waals surface area contributed by atoms with Crippen molar-refractivity contribution in [1.29, 1.82) is 0 Å². The van der Waals surface area contributed by atoms with Crippen LogP contribution >= 0.6 is 39.1 Å². The van der Waals surface area contributed by atoms with Crippen LogP contribution in [0.25, 0.3) is 0 Å². The van der Waals surface area contributed by atoms with Crippen molar-refractivity contribution in [3.63, 3.8) is 0 Å². The smallest absolute Gasteiger partial charge is 0.180 e. The van der Waals surface area contributed by atoms with Crippen LogP contribution in [0.4, 0.5) is 5.69 Å².